The fraction of sp³-hybridized carbons (Fsp3) is 0.222. The second-order valence-corrected chi connectivity index (χ2v) is 5.85. The zero-order chi connectivity index (χ0) is 17.3. The maximum atomic E-state index is 12.5. The Hall–Kier alpha value is -3.02. The minimum absolute atomic E-state index is 0.277. The zero-order valence-electron chi connectivity index (χ0n) is 14.2. The molecule has 0 bridgehead atoms. The molecule has 1 N–H and O–H groups in total. The third-order valence-electron chi connectivity index (χ3n) is 3.56. The second kappa shape index (κ2) is 6.23. The molecule has 0 aliphatic heterocycles. The molecule has 6 nitrogen and oxygen atoms in total. The monoisotopic (exact) mass is 321 g/mol. The van der Waals surface area contributed by atoms with Crippen LogP contribution in [0.3, 0.4) is 0 Å². The Morgan fingerprint density at radius 2 is 1.54 bits per heavy atom. The standard InChI is InChI=1S/C18H19N5O/c1-11-7-14(8-12(2)19-11)15-9-13(3)20-16(10-15)18(24)21-17-5-6-23(4)22-17/h5-10H,1-4H3,(H,21,22,24). The molecule has 3 heterocycles. The minimum atomic E-state index is -0.277. The van der Waals surface area contributed by atoms with Crippen molar-refractivity contribution in [1.29, 1.82) is 0 Å². The van der Waals surface area contributed by atoms with Gasteiger partial charge in [0.05, 0.1) is 0 Å². The Morgan fingerprint density at radius 3 is 2.12 bits per heavy atom. The summed E-state index contributed by atoms with van der Waals surface area (Å²) in [5.74, 6) is 0.226. The largest absolute Gasteiger partial charge is 0.304 e. The molecular formula is C18H19N5O. The molecule has 0 atom stereocenters. The Balaban J connectivity index is 1.95. The van der Waals surface area contributed by atoms with E-state index in [1.54, 1.807) is 30.1 Å². The zero-order valence-corrected chi connectivity index (χ0v) is 14.2. The molecule has 0 aromatic carbocycles. The van der Waals surface area contributed by atoms with Crippen molar-refractivity contribution in [3.8, 4) is 11.1 Å². The van der Waals surface area contributed by atoms with Crippen molar-refractivity contribution < 1.29 is 4.79 Å². The molecule has 0 fully saturated rings. The minimum Gasteiger partial charge on any atom is -0.304 e. The molecule has 0 saturated carbocycles. The molecule has 3 rings (SSSR count). The molecule has 122 valence electrons. The number of aromatic nitrogens is 4. The van der Waals surface area contributed by atoms with Crippen LogP contribution >= 0.6 is 0 Å². The fourth-order valence-corrected chi connectivity index (χ4v) is 2.61. The SMILES string of the molecule is Cc1cc(-c2cc(C)nc(C(=O)Nc3ccn(C)n3)c2)cc(C)n1. The van der Waals surface area contributed by atoms with Gasteiger partial charge in [-0.15, -0.1) is 0 Å². The van der Waals surface area contributed by atoms with Gasteiger partial charge in [-0.25, -0.2) is 4.98 Å². The number of hydrogen-bond donors (Lipinski definition) is 1. The Labute approximate surface area is 140 Å². The maximum Gasteiger partial charge on any atom is 0.275 e. The Bertz CT molecular complexity index is 893. The number of nitrogens with zero attached hydrogens (tertiary/aromatic N) is 4. The number of rotatable bonds is 3. The summed E-state index contributed by atoms with van der Waals surface area (Å²) in [6.45, 7) is 5.79. The summed E-state index contributed by atoms with van der Waals surface area (Å²) in [6, 6.07) is 9.50. The molecule has 6 heteroatoms. The molecule has 0 unspecified atom stereocenters. The highest BCUT2D eigenvalue weighted by molar-refractivity contribution is 6.03. The van der Waals surface area contributed by atoms with Crippen LogP contribution in [-0.4, -0.2) is 25.7 Å². The van der Waals surface area contributed by atoms with Gasteiger partial charge in [-0.1, -0.05) is 0 Å². The highest BCUT2D eigenvalue weighted by Gasteiger charge is 2.12. The van der Waals surface area contributed by atoms with Gasteiger partial charge in [0.15, 0.2) is 5.82 Å². The third-order valence-corrected chi connectivity index (χ3v) is 3.56. The molecule has 3 aromatic heterocycles. The van der Waals surface area contributed by atoms with Gasteiger partial charge in [-0.2, -0.15) is 5.10 Å². The van der Waals surface area contributed by atoms with Crippen LogP contribution in [-0.2, 0) is 7.05 Å². The van der Waals surface area contributed by atoms with E-state index in [4.69, 9.17) is 0 Å². The second-order valence-electron chi connectivity index (χ2n) is 5.85. The average molecular weight is 321 g/mol. The molecule has 0 radical (unpaired) electrons. The lowest BCUT2D eigenvalue weighted by Gasteiger charge is -2.08. The maximum absolute atomic E-state index is 12.5. The first-order chi connectivity index (χ1) is 11.4. The van der Waals surface area contributed by atoms with Crippen molar-refractivity contribution in [3.05, 3.63) is 59.3 Å². The summed E-state index contributed by atoms with van der Waals surface area (Å²) in [5, 5.41) is 6.91. The van der Waals surface area contributed by atoms with Gasteiger partial charge >= 0.3 is 0 Å². The van der Waals surface area contributed by atoms with Gasteiger partial charge in [0.2, 0.25) is 0 Å². The van der Waals surface area contributed by atoms with Crippen molar-refractivity contribution in [3.63, 3.8) is 0 Å². The summed E-state index contributed by atoms with van der Waals surface area (Å²) in [6.07, 6.45) is 1.77. The van der Waals surface area contributed by atoms with Crippen LogP contribution in [0.15, 0.2) is 36.5 Å². The molecule has 0 aliphatic carbocycles. The number of nitrogens with one attached hydrogen (secondary N) is 1. The lowest BCUT2D eigenvalue weighted by atomic mass is 10.0. The van der Waals surface area contributed by atoms with Gasteiger partial charge in [0, 0.05) is 36.4 Å². The molecule has 24 heavy (non-hydrogen) atoms. The van der Waals surface area contributed by atoms with E-state index >= 15 is 0 Å². The summed E-state index contributed by atoms with van der Waals surface area (Å²) >= 11 is 0. The van der Waals surface area contributed by atoms with Crippen LogP contribution in [0.5, 0.6) is 0 Å². The number of aryl methyl sites for hydroxylation is 4. The lowest BCUT2D eigenvalue weighted by molar-refractivity contribution is 0.102. The first kappa shape index (κ1) is 15.9. The van der Waals surface area contributed by atoms with E-state index in [2.05, 4.69) is 20.4 Å². The predicted octanol–water partition coefficient (Wildman–Crippen LogP) is 3.05. The van der Waals surface area contributed by atoms with Gasteiger partial charge in [0.1, 0.15) is 5.69 Å². The lowest BCUT2D eigenvalue weighted by Crippen LogP contribution is -2.15. The van der Waals surface area contributed by atoms with E-state index in [0.717, 1.165) is 28.2 Å². The fourth-order valence-electron chi connectivity index (χ4n) is 2.61. The van der Waals surface area contributed by atoms with Gasteiger partial charge in [0.25, 0.3) is 5.91 Å². The van der Waals surface area contributed by atoms with E-state index in [9.17, 15) is 4.79 Å². The van der Waals surface area contributed by atoms with E-state index < -0.39 is 0 Å². The van der Waals surface area contributed by atoms with Crippen LogP contribution in [0.4, 0.5) is 5.82 Å². The normalized spacial score (nSPS) is 10.7. The van der Waals surface area contributed by atoms with Crippen LogP contribution in [0.25, 0.3) is 11.1 Å². The van der Waals surface area contributed by atoms with Crippen molar-refractivity contribution in [2.75, 3.05) is 5.32 Å². The third kappa shape index (κ3) is 3.48. The van der Waals surface area contributed by atoms with Gasteiger partial charge < -0.3 is 5.32 Å². The predicted molar refractivity (Wildman–Crippen MR) is 92.8 cm³/mol. The van der Waals surface area contributed by atoms with Crippen LogP contribution in [0, 0.1) is 20.8 Å². The van der Waals surface area contributed by atoms with Crippen molar-refractivity contribution in [1.82, 2.24) is 19.7 Å². The molecule has 1 amide bonds. The van der Waals surface area contributed by atoms with E-state index in [1.165, 1.54) is 0 Å². The van der Waals surface area contributed by atoms with E-state index in [0.29, 0.717) is 11.5 Å². The van der Waals surface area contributed by atoms with Crippen molar-refractivity contribution in [2.45, 2.75) is 20.8 Å². The number of anilines is 1. The number of hydrogen-bond acceptors (Lipinski definition) is 4. The van der Waals surface area contributed by atoms with Crippen molar-refractivity contribution in [2.24, 2.45) is 7.05 Å². The molecule has 0 aliphatic rings. The smallest absolute Gasteiger partial charge is 0.275 e. The average Bonchev–Trinajstić information content (AvgIpc) is 2.90. The van der Waals surface area contributed by atoms with E-state index in [-0.39, 0.29) is 5.91 Å². The van der Waals surface area contributed by atoms with Gasteiger partial charge in [-0.3, -0.25) is 14.5 Å². The highest BCUT2D eigenvalue weighted by Crippen LogP contribution is 2.22. The molecule has 0 saturated heterocycles. The first-order valence-electron chi connectivity index (χ1n) is 7.66. The summed E-state index contributed by atoms with van der Waals surface area (Å²) in [4.78, 5) is 21.2. The van der Waals surface area contributed by atoms with Crippen LogP contribution < -0.4 is 5.32 Å². The number of carbonyl (C=O) groups excluding carboxylic acids is 1. The van der Waals surface area contributed by atoms with Crippen LogP contribution in [0.2, 0.25) is 0 Å². The topological polar surface area (TPSA) is 72.7 Å². The summed E-state index contributed by atoms with van der Waals surface area (Å²) < 4.78 is 1.63. The number of amides is 1. The summed E-state index contributed by atoms with van der Waals surface area (Å²) in [5.41, 5.74) is 5.01. The first-order valence-corrected chi connectivity index (χ1v) is 7.66. The number of pyridine rings is 2. The molecular weight excluding hydrogens is 302 g/mol. The summed E-state index contributed by atoms with van der Waals surface area (Å²) in [7, 11) is 1.80. The Kier molecular flexibility index (Phi) is 4.12. The molecule has 3 aromatic rings. The van der Waals surface area contributed by atoms with Crippen molar-refractivity contribution >= 4 is 11.7 Å². The van der Waals surface area contributed by atoms with Gasteiger partial charge in [-0.05, 0) is 56.2 Å². The highest BCUT2D eigenvalue weighted by atomic mass is 16.1. The van der Waals surface area contributed by atoms with Crippen LogP contribution in [0.1, 0.15) is 27.6 Å². The van der Waals surface area contributed by atoms with E-state index in [1.807, 2.05) is 39.0 Å². The number of carbonyl (C=O) groups is 1. The Morgan fingerprint density at radius 1 is 0.958 bits per heavy atom. The molecule has 0 spiro atoms. The quantitative estimate of drug-likeness (QED) is 0.804.